The third kappa shape index (κ3) is 2.50. The molecule has 0 amide bonds. The summed E-state index contributed by atoms with van der Waals surface area (Å²) in [7, 11) is 0. The molecular weight excluding hydrogens is 224 g/mol. The first-order valence-corrected chi connectivity index (χ1v) is 5.75. The van der Waals surface area contributed by atoms with E-state index in [4.69, 9.17) is 21.1 Å². The van der Waals surface area contributed by atoms with Gasteiger partial charge in [0, 0.05) is 5.03 Å². The Morgan fingerprint density at radius 1 is 1.19 bits per heavy atom. The number of hydrogen-bond acceptors (Lipinski definition) is 2. The quantitative estimate of drug-likeness (QED) is 0.785. The molecule has 2 nitrogen and oxygen atoms in total. The van der Waals surface area contributed by atoms with Crippen LogP contribution in [-0.4, -0.2) is 13.2 Å². The van der Waals surface area contributed by atoms with Gasteiger partial charge in [-0.05, 0) is 38.0 Å². The van der Waals surface area contributed by atoms with Gasteiger partial charge in [0.05, 0.1) is 0 Å². The second-order valence-corrected chi connectivity index (χ2v) is 4.54. The van der Waals surface area contributed by atoms with E-state index in [1.54, 1.807) is 0 Å². The summed E-state index contributed by atoms with van der Waals surface area (Å²) in [5.74, 6) is 1.67. The summed E-state index contributed by atoms with van der Waals surface area (Å²) >= 11 is 5.95. The third-order valence-corrected chi connectivity index (χ3v) is 2.99. The fourth-order valence-corrected chi connectivity index (χ4v) is 1.69. The van der Waals surface area contributed by atoms with Crippen LogP contribution in [0.15, 0.2) is 28.8 Å². The Balaban J connectivity index is 2.21. The second-order valence-electron chi connectivity index (χ2n) is 3.97. The van der Waals surface area contributed by atoms with Crippen molar-refractivity contribution in [1.82, 2.24) is 0 Å². The van der Waals surface area contributed by atoms with E-state index >= 15 is 0 Å². The molecule has 3 heteroatoms. The predicted molar refractivity (Wildman–Crippen MR) is 65.4 cm³/mol. The van der Waals surface area contributed by atoms with Crippen molar-refractivity contribution >= 4 is 11.6 Å². The summed E-state index contributed by atoms with van der Waals surface area (Å²) in [6, 6.07) is 6.04. The van der Waals surface area contributed by atoms with Gasteiger partial charge in [-0.3, -0.25) is 0 Å². The van der Waals surface area contributed by atoms with Gasteiger partial charge in [-0.15, -0.1) is 0 Å². The average molecular weight is 239 g/mol. The Morgan fingerprint density at radius 3 is 2.56 bits per heavy atom. The molecule has 16 heavy (non-hydrogen) atoms. The molecular formula is C13H15ClO2. The number of hydrogen-bond donors (Lipinski definition) is 0. The Labute approximate surface area is 101 Å². The predicted octanol–water partition coefficient (Wildman–Crippen LogP) is 3.53. The maximum Gasteiger partial charge on any atom is 0.161 e. The van der Waals surface area contributed by atoms with Gasteiger partial charge in [0.1, 0.15) is 13.2 Å². The zero-order chi connectivity index (χ0) is 11.5. The van der Waals surface area contributed by atoms with E-state index in [0.717, 1.165) is 23.0 Å². The van der Waals surface area contributed by atoms with Crippen molar-refractivity contribution in [3.63, 3.8) is 0 Å². The van der Waals surface area contributed by atoms with Gasteiger partial charge in [0.25, 0.3) is 0 Å². The van der Waals surface area contributed by atoms with E-state index in [0.29, 0.717) is 13.2 Å². The van der Waals surface area contributed by atoms with E-state index in [1.165, 1.54) is 11.1 Å². The minimum absolute atomic E-state index is 0.625. The molecule has 0 unspecified atom stereocenters. The lowest BCUT2D eigenvalue weighted by Gasteiger charge is -2.19. The Bertz CT molecular complexity index is 420. The molecule has 0 N–H and O–H groups in total. The molecule has 1 aromatic rings. The minimum atomic E-state index is 0.625. The number of halogens is 1. The maximum atomic E-state index is 5.95. The van der Waals surface area contributed by atoms with Gasteiger partial charge in [-0.2, -0.15) is 0 Å². The fourth-order valence-electron chi connectivity index (χ4n) is 1.63. The molecule has 0 saturated heterocycles. The minimum Gasteiger partial charge on any atom is -0.486 e. The summed E-state index contributed by atoms with van der Waals surface area (Å²) in [5, 5.41) is 0.856. The van der Waals surface area contributed by atoms with Crippen LogP contribution in [0.2, 0.25) is 0 Å². The highest BCUT2D eigenvalue weighted by molar-refractivity contribution is 6.29. The summed E-state index contributed by atoms with van der Waals surface area (Å²) in [4.78, 5) is 0. The molecule has 0 bridgehead atoms. The van der Waals surface area contributed by atoms with Gasteiger partial charge in [0.2, 0.25) is 0 Å². The molecule has 1 aliphatic heterocycles. The standard InChI is InChI=1S/C13H15ClO2/c1-9(10(2)14)7-11-3-4-12-13(8-11)16-6-5-15-12/h3-4,8H,5-7H2,1-2H3. The van der Waals surface area contributed by atoms with E-state index in [2.05, 4.69) is 6.07 Å². The zero-order valence-electron chi connectivity index (χ0n) is 9.55. The molecule has 1 heterocycles. The molecule has 0 saturated carbocycles. The topological polar surface area (TPSA) is 18.5 Å². The molecule has 86 valence electrons. The van der Waals surface area contributed by atoms with Crippen LogP contribution in [-0.2, 0) is 6.42 Å². The average Bonchev–Trinajstić information content (AvgIpc) is 2.28. The number of benzene rings is 1. The van der Waals surface area contributed by atoms with Gasteiger partial charge in [-0.1, -0.05) is 23.2 Å². The molecule has 0 fully saturated rings. The zero-order valence-corrected chi connectivity index (χ0v) is 10.3. The smallest absolute Gasteiger partial charge is 0.161 e. The third-order valence-electron chi connectivity index (χ3n) is 2.66. The van der Waals surface area contributed by atoms with Gasteiger partial charge < -0.3 is 9.47 Å². The van der Waals surface area contributed by atoms with Crippen molar-refractivity contribution in [1.29, 1.82) is 0 Å². The normalized spacial score (nSPS) is 15.7. The molecule has 0 radical (unpaired) electrons. The number of allylic oxidation sites excluding steroid dienone is 2. The molecule has 0 aliphatic carbocycles. The molecule has 2 rings (SSSR count). The first kappa shape index (κ1) is 11.3. The molecule has 1 aliphatic rings. The summed E-state index contributed by atoms with van der Waals surface area (Å²) in [6.45, 7) is 5.21. The van der Waals surface area contributed by atoms with E-state index in [-0.39, 0.29) is 0 Å². The van der Waals surface area contributed by atoms with Crippen molar-refractivity contribution in [3.05, 3.63) is 34.4 Å². The van der Waals surface area contributed by atoms with Crippen LogP contribution in [0.25, 0.3) is 0 Å². The van der Waals surface area contributed by atoms with E-state index in [1.807, 2.05) is 26.0 Å². The van der Waals surface area contributed by atoms with Crippen molar-refractivity contribution in [3.8, 4) is 11.5 Å². The number of fused-ring (bicyclic) bond motifs is 1. The largest absolute Gasteiger partial charge is 0.486 e. The van der Waals surface area contributed by atoms with E-state index in [9.17, 15) is 0 Å². The summed E-state index contributed by atoms with van der Waals surface area (Å²) in [5.41, 5.74) is 2.38. The lowest BCUT2D eigenvalue weighted by Crippen LogP contribution is -2.15. The highest BCUT2D eigenvalue weighted by Crippen LogP contribution is 2.31. The Kier molecular flexibility index (Phi) is 3.39. The van der Waals surface area contributed by atoms with Crippen molar-refractivity contribution in [2.75, 3.05) is 13.2 Å². The first-order chi connectivity index (χ1) is 7.66. The van der Waals surface area contributed by atoms with Crippen LogP contribution < -0.4 is 9.47 Å². The fraction of sp³-hybridized carbons (Fsp3) is 0.385. The SMILES string of the molecule is CC(Cl)=C(C)Cc1ccc2c(c1)OCCO2. The van der Waals surface area contributed by atoms with Crippen molar-refractivity contribution in [2.24, 2.45) is 0 Å². The van der Waals surface area contributed by atoms with Gasteiger partial charge >= 0.3 is 0 Å². The molecule has 0 spiro atoms. The Hall–Kier alpha value is -1.15. The monoisotopic (exact) mass is 238 g/mol. The molecule has 0 atom stereocenters. The summed E-state index contributed by atoms with van der Waals surface area (Å²) < 4.78 is 11.0. The van der Waals surface area contributed by atoms with Crippen LogP contribution in [0.3, 0.4) is 0 Å². The lowest BCUT2D eigenvalue weighted by molar-refractivity contribution is 0.171. The highest BCUT2D eigenvalue weighted by atomic mass is 35.5. The Morgan fingerprint density at radius 2 is 1.88 bits per heavy atom. The lowest BCUT2D eigenvalue weighted by atomic mass is 10.1. The van der Waals surface area contributed by atoms with Crippen LogP contribution in [0, 0.1) is 0 Å². The number of rotatable bonds is 2. The van der Waals surface area contributed by atoms with Gasteiger partial charge in [0.15, 0.2) is 11.5 Å². The van der Waals surface area contributed by atoms with Crippen molar-refractivity contribution in [2.45, 2.75) is 20.3 Å². The van der Waals surface area contributed by atoms with E-state index < -0.39 is 0 Å². The first-order valence-electron chi connectivity index (χ1n) is 5.37. The van der Waals surface area contributed by atoms with Crippen LogP contribution in [0.4, 0.5) is 0 Å². The van der Waals surface area contributed by atoms with Crippen LogP contribution >= 0.6 is 11.6 Å². The second kappa shape index (κ2) is 4.79. The summed E-state index contributed by atoms with van der Waals surface area (Å²) in [6.07, 6.45) is 0.853. The maximum absolute atomic E-state index is 5.95. The van der Waals surface area contributed by atoms with Gasteiger partial charge in [-0.25, -0.2) is 0 Å². The molecule has 0 aromatic heterocycles. The van der Waals surface area contributed by atoms with Crippen molar-refractivity contribution < 1.29 is 9.47 Å². The molecule has 1 aromatic carbocycles. The highest BCUT2D eigenvalue weighted by Gasteiger charge is 2.11. The van der Waals surface area contributed by atoms with Crippen LogP contribution in [0.1, 0.15) is 19.4 Å². The number of ether oxygens (including phenoxy) is 2. The van der Waals surface area contributed by atoms with Crippen LogP contribution in [0.5, 0.6) is 11.5 Å².